The van der Waals surface area contributed by atoms with Crippen molar-refractivity contribution in [3.05, 3.63) is 20.8 Å². The molecule has 0 aliphatic carbocycles. The van der Waals surface area contributed by atoms with Gasteiger partial charge in [-0.15, -0.1) is 11.3 Å². The van der Waals surface area contributed by atoms with E-state index in [9.17, 15) is 4.79 Å². The van der Waals surface area contributed by atoms with Gasteiger partial charge in [-0.25, -0.2) is 0 Å². The van der Waals surface area contributed by atoms with E-state index in [-0.39, 0.29) is 5.91 Å². The summed E-state index contributed by atoms with van der Waals surface area (Å²) < 4.78 is 1.04. The van der Waals surface area contributed by atoms with Crippen molar-refractivity contribution in [1.82, 2.24) is 5.32 Å². The summed E-state index contributed by atoms with van der Waals surface area (Å²) in [5.74, 6) is 0.839. The third-order valence-corrected chi connectivity index (χ3v) is 4.65. The standard InChI is InChI=1S/C10H15BrN2OS2/c1-15-4-3-8(12)10(14)13-6-9-7(11)2-5-16-9/h2,5,8H,3-4,6,12H2,1H3,(H,13,14)/t8-/m0/s1. The zero-order valence-electron chi connectivity index (χ0n) is 9.03. The maximum absolute atomic E-state index is 11.6. The van der Waals surface area contributed by atoms with Crippen LogP contribution in [0.3, 0.4) is 0 Å². The molecule has 0 fully saturated rings. The minimum atomic E-state index is -0.397. The minimum absolute atomic E-state index is 0.0747. The van der Waals surface area contributed by atoms with Crippen molar-refractivity contribution in [2.45, 2.75) is 19.0 Å². The predicted molar refractivity (Wildman–Crippen MR) is 74.8 cm³/mol. The molecule has 3 N–H and O–H groups in total. The molecule has 1 atom stereocenters. The SMILES string of the molecule is CSCC[C@H](N)C(=O)NCc1sccc1Br. The lowest BCUT2D eigenvalue weighted by molar-refractivity contribution is -0.122. The molecule has 0 bridgehead atoms. The number of amides is 1. The van der Waals surface area contributed by atoms with E-state index in [0.29, 0.717) is 6.54 Å². The molecule has 0 aliphatic rings. The first-order chi connectivity index (χ1) is 7.65. The first-order valence-corrected chi connectivity index (χ1v) is 7.96. The highest BCUT2D eigenvalue weighted by Crippen LogP contribution is 2.22. The summed E-state index contributed by atoms with van der Waals surface area (Å²) in [6.45, 7) is 0.546. The number of carbonyl (C=O) groups excluding carboxylic acids is 1. The molecule has 0 spiro atoms. The molecule has 0 saturated heterocycles. The normalized spacial score (nSPS) is 12.4. The van der Waals surface area contributed by atoms with Gasteiger partial charge in [0, 0.05) is 9.35 Å². The van der Waals surface area contributed by atoms with Gasteiger partial charge in [0.1, 0.15) is 0 Å². The molecule has 16 heavy (non-hydrogen) atoms. The van der Waals surface area contributed by atoms with Crippen molar-refractivity contribution < 1.29 is 4.79 Å². The number of rotatable bonds is 6. The van der Waals surface area contributed by atoms with Crippen LogP contribution < -0.4 is 11.1 Å². The van der Waals surface area contributed by atoms with Gasteiger partial charge in [0.05, 0.1) is 12.6 Å². The topological polar surface area (TPSA) is 55.1 Å². The largest absolute Gasteiger partial charge is 0.350 e. The van der Waals surface area contributed by atoms with Crippen LogP contribution in [0.1, 0.15) is 11.3 Å². The Morgan fingerprint density at radius 2 is 2.50 bits per heavy atom. The fourth-order valence-corrected chi connectivity index (χ4v) is 3.05. The highest BCUT2D eigenvalue weighted by molar-refractivity contribution is 9.10. The van der Waals surface area contributed by atoms with Crippen LogP contribution in [0.15, 0.2) is 15.9 Å². The second-order valence-electron chi connectivity index (χ2n) is 3.30. The van der Waals surface area contributed by atoms with E-state index in [0.717, 1.165) is 21.5 Å². The van der Waals surface area contributed by atoms with Gasteiger partial charge in [-0.3, -0.25) is 4.79 Å². The lowest BCUT2D eigenvalue weighted by atomic mass is 10.2. The molecule has 1 amide bonds. The molecular formula is C10H15BrN2OS2. The summed E-state index contributed by atoms with van der Waals surface area (Å²) in [5, 5.41) is 4.83. The van der Waals surface area contributed by atoms with Crippen molar-refractivity contribution in [2.24, 2.45) is 5.73 Å². The number of hydrogen-bond donors (Lipinski definition) is 2. The Hall–Kier alpha value is -0.0400. The van der Waals surface area contributed by atoms with Crippen molar-refractivity contribution >= 4 is 44.9 Å². The number of carbonyl (C=O) groups is 1. The van der Waals surface area contributed by atoms with Gasteiger partial charge in [-0.1, -0.05) is 0 Å². The molecule has 6 heteroatoms. The monoisotopic (exact) mass is 322 g/mol. The highest BCUT2D eigenvalue weighted by Gasteiger charge is 2.12. The Balaban J connectivity index is 2.32. The van der Waals surface area contributed by atoms with E-state index in [1.807, 2.05) is 17.7 Å². The molecule has 0 aromatic carbocycles. The fraction of sp³-hybridized carbons (Fsp3) is 0.500. The van der Waals surface area contributed by atoms with E-state index in [1.54, 1.807) is 23.1 Å². The summed E-state index contributed by atoms with van der Waals surface area (Å²) in [4.78, 5) is 12.7. The van der Waals surface area contributed by atoms with Crippen molar-refractivity contribution in [3.63, 3.8) is 0 Å². The Morgan fingerprint density at radius 1 is 1.75 bits per heavy atom. The predicted octanol–water partition coefficient (Wildman–Crippen LogP) is 2.21. The van der Waals surface area contributed by atoms with Crippen LogP contribution in [-0.4, -0.2) is 24.0 Å². The van der Waals surface area contributed by atoms with Crippen LogP contribution in [0, 0.1) is 0 Å². The Bertz CT molecular complexity index is 343. The van der Waals surface area contributed by atoms with E-state index in [1.165, 1.54) is 0 Å². The van der Waals surface area contributed by atoms with Gasteiger partial charge in [0.2, 0.25) is 5.91 Å². The molecular weight excluding hydrogens is 308 g/mol. The number of thiophene rings is 1. The van der Waals surface area contributed by atoms with Crippen LogP contribution in [0.25, 0.3) is 0 Å². The summed E-state index contributed by atoms with van der Waals surface area (Å²) in [7, 11) is 0. The molecule has 1 rings (SSSR count). The highest BCUT2D eigenvalue weighted by atomic mass is 79.9. The zero-order valence-corrected chi connectivity index (χ0v) is 12.3. The number of nitrogens with one attached hydrogen (secondary N) is 1. The molecule has 90 valence electrons. The van der Waals surface area contributed by atoms with Gasteiger partial charge in [-0.2, -0.15) is 11.8 Å². The number of thioether (sulfide) groups is 1. The fourth-order valence-electron chi connectivity index (χ4n) is 1.13. The Kier molecular flexibility index (Phi) is 6.41. The lowest BCUT2D eigenvalue weighted by Gasteiger charge is -2.11. The van der Waals surface area contributed by atoms with Crippen molar-refractivity contribution in [1.29, 1.82) is 0 Å². The summed E-state index contributed by atoms with van der Waals surface area (Å²) in [5.41, 5.74) is 5.75. The minimum Gasteiger partial charge on any atom is -0.350 e. The number of nitrogens with two attached hydrogens (primary N) is 1. The van der Waals surface area contributed by atoms with Crippen LogP contribution in [-0.2, 0) is 11.3 Å². The second kappa shape index (κ2) is 7.32. The van der Waals surface area contributed by atoms with Crippen LogP contribution in [0.2, 0.25) is 0 Å². The third-order valence-electron chi connectivity index (χ3n) is 2.08. The second-order valence-corrected chi connectivity index (χ2v) is 6.14. The lowest BCUT2D eigenvalue weighted by Crippen LogP contribution is -2.40. The van der Waals surface area contributed by atoms with Gasteiger partial charge < -0.3 is 11.1 Å². The third kappa shape index (κ3) is 4.45. The molecule has 3 nitrogen and oxygen atoms in total. The van der Waals surface area contributed by atoms with Crippen molar-refractivity contribution in [2.75, 3.05) is 12.0 Å². The van der Waals surface area contributed by atoms with Gasteiger partial charge in [-0.05, 0) is 45.8 Å². The quantitative estimate of drug-likeness (QED) is 0.844. The average Bonchev–Trinajstić information content (AvgIpc) is 2.68. The van der Waals surface area contributed by atoms with Crippen LogP contribution in [0.4, 0.5) is 0 Å². The van der Waals surface area contributed by atoms with E-state index >= 15 is 0 Å². The van der Waals surface area contributed by atoms with Crippen LogP contribution >= 0.6 is 39.0 Å². The molecule has 0 radical (unpaired) electrons. The summed E-state index contributed by atoms with van der Waals surface area (Å²) in [6.07, 6.45) is 2.73. The van der Waals surface area contributed by atoms with E-state index in [2.05, 4.69) is 21.2 Å². The number of halogens is 1. The van der Waals surface area contributed by atoms with E-state index < -0.39 is 6.04 Å². The Labute approximate surface area is 112 Å². The number of hydrogen-bond acceptors (Lipinski definition) is 4. The van der Waals surface area contributed by atoms with Crippen LogP contribution in [0.5, 0.6) is 0 Å². The molecule has 0 saturated carbocycles. The zero-order chi connectivity index (χ0) is 12.0. The molecule has 1 aromatic rings. The molecule has 1 aromatic heterocycles. The summed E-state index contributed by atoms with van der Waals surface area (Å²) in [6, 6.07) is 1.57. The van der Waals surface area contributed by atoms with Gasteiger partial charge in [0.25, 0.3) is 0 Å². The smallest absolute Gasteiger partial charge is 0.237 e. The molecule has 0 unspecified atom stereocenters. The maximum atomic E-state index is 11.6. The first-order valence-electron chi connectivity index (χ1n) is 4.89. The Morgan fingerprint density at radius 3 is 3.06 bits per heavy atom. The maximum Gasteiger partial charge on any atom is 0.237 e. The molecule has 0 aliphatic heterocycles. The molecule has 1 heterocycles. The van der Waals surface area contributed by atoms with Crippen molar-refractivity contribution in [3.8, 4) is 0 Å². The average molecular weight is 323 g/mol. The summed E-state index contributed by atoms with van der Waals surface area (Å²) >= 11 is 6.73. The van der Waals surface area contributed by atoms with E-state index in [4.69, 9.17) is 5.73 Å². The first kappa shape index (κ1) is 14.0. The van der Waals surface area contributed by atoms with Gasteiger partial charge in [0.15, 0.2) is 0 Å². The van der Waals surface area contributed by atoms with Gasteiger partial charge >= 0.3 is 0 Å².